The number of hydrogen-bond acceptors (Lipinski definition) is 3. The molecular weight excluding hydrogens is 210 g/mol. The molecule has 0 saturated carbocycles. The largest absolute Gasteiger partial charge is 0.316 e. The normalized spacial score (nSPS) is 34.9. The van der Waals surface area contributed by atoms with Crippen molar-refractivity contribution in [1.29, 1.82) is 0 Å². The quantitative estimate of drug-likeness (QED) is 0.779. The molecule has 2 aliphatic heterocycles. The molecule has 0 aromatic carbocycles. The standard InChI is InChI=1S/C14H29N3/c1-4-17-7-5-6-14(17)11-16(3)10-13-9-15-8-12(13)2/h12-15H,4-11H2,1-3H3/t12-,13+,14?/m1/s1. The highest BCUT2D eigenvalue weighted by atomic mass is 15.2. The van der Waals surface area contributed by atoms with Crippen LogP contribution >= 0.6 is 0 Å². The third-order valence-electron chi connectivity index (χ3n) is 4.65. The molecule has 0 aromatic heterocycles. The summed E-state index contributed by atoms with van der Waals surface area (Å²) >= 11 is 0. The summed E-state index contributed by atoms with van der Waals surface area (Å²) in [6, 6.07) is 0.815. The minimum atomic E-state index is 0.815. The van der Waals surface area contributed by atoms with Gasteiger partial charge in [-0.15, -0.1) is 0 Å². The Labute approximate surface area is 107 Å². The minimum absolute atomic E-state index is 0.815. The first-order valence-electron chi connectivity index (χ1n) is 7.34. The number of hydrogen-bond donors (Lipinski definition) is 1. The topological polar surface area (TPSA) is 18.5 Å². The van der Waals surface area contributed by atoms with Crippen LogP contribution in [0.5, 0.6) is 0 Å². The fraction of sp³-hybridized carbons (Fsp3) is 1.00. The van der Waals surface area contributed by atoms with E-state index in [9.17, 15) is 0 Å². The van der Waals surface area contributed by atoms with Crippen LogP contribution in [0.1, 0.15) is 26.7 Å². The zero-order valence-corrected chi connectivity index (χ0v) is 11.8. The number of likely N-dealkylation sites (tertiary alicyclic amines) is 1. The lowest BCUT2D eigenvalue weighted by molar-refractivity contribution is 0.178. The molecule has 2 saturated heterocycles. The van der Waals surface area contributed by atoms with E-state index in [-0.39, 0.29) is 0 Å². The molecule has 0 radical (unpaired) electrons. The molecule has 3 nitrogen and oxygen atoms in total. The van der Waals surface area contributed by atoms with Gasteiger partial charge in [0.1, 0.15) is 0 Å². The van der Waals surface area contributed by atoms with Crippen molar-refractivity contribution in [2.75, 3.05) is 46.3 Å². The summed E-state index contributed by atoms with van der Waals surface area (Å²) in [5.41, 5.74) is 0. The molecule has 2 aliphatic rings. The fourth-order valence-electron chi connectivity index (χ4n) is 3.46. The van der Waals surface area contributed by atoms with Crippen molar-refractivity contribution in [2.45, 2.75) is 32.7 Å². The summed E-state index contributed by atoms with van der Waals surface area (Å²) in [5.74, 6) is 1.71. The van der Waals surface area contributed by atoms with Gasteiger partial charge in [-0.25, -0.2) is 0 Å². The highest BCUT2D eigenvalue weighted by Crippen LogP contribution is 2.20. The van der Waals surface area contributed by atoms with Gasteiger partial charge in [-0.1, -0.05) is 13.8 Å². The molecular formula is C14H29N3. The van der Waals surface area contributed by atoms with E-state index in [4.69, 9.17) is 0 Å². The van der Waals surface area contributed by atoms with Crippen LogP contribution in [0.15, 0.2) is 0 Å². The highest BCUT2D eigenvalue weighted by Gasteiger charge is 2.27. The summed E-state index contributed by atoms with van der Waals surface area (Å²) in [4.78, 5) is 5.21. The van der Waals surface area contributed by atoms with Gasteiger partial charge in [0.2, 0.25) is 0 Å². The van der Waals surface area contributed by atoms with Gasteiger partial charge in [0.25, 0.3) is 0 Å². The first-order valence-corrected chi connectivity index (χ1v) is 7.34. The number of nitrogens with zero attached hydrogens (tertiary/aromatic N) is 2. The van der Waals surface area contributed by atoms with E-state index in [1.807, 2.05) is 0 Å². The van der Waals surface area contributed by atoms with Crippen LogP contribution in [0.2, 0.25) is 0 Å². The maximum absolute atomic E-state index is 3.50. The Balaban J connectivity index is 1.74. The van der Waals surface area contributed by atoms with Crippen LogP contribution in [-0.2, 0) is 0 Å². The molecule has 1 unspecified atom stereocenters. The number of likely N-dealkylation sites (N-methyl/N-ethyl adjacent to an activating group) is 2. The van der Waals surface area contributed by atoms with E-state index in [2.05, 4.69) is 36.0 Å². The highest BCUT2D eigenvalue weighted by molar-refractivity contribution is 4.84. The van der Waals surface area contributed by atoms with Gasteiger partial charge in [-0.2, -0.15) is 0 Å². The molecule has 2 rings (SSSR count). The molecule has 0 amide bonds. The van der Waals surface area contributed by atoms with Crippen LogP contribution in [0.4, 0.5) is 0 Å². The minimum Gasteiger partial charge on any atom is -0.316 e. The lowest BCUT2D eigenvalue weighted by Gasteiger charge is -2.29. The van der Waals surface area contributed by atoms with E-state index >= 15 is 0 Å². The molecule has 0 spiro atoms. The van der Waals surface area contributed by atoms with E-state index < -0.39 is 0 Å². The number of rotatable bonds is 5. The Morgan fingerprint density at radius 1 is 1.29 bits per heavy atom. The van der Waals surface area contributed by atoms with Crippen molar-refractivity contribution in [1.82, 2.24) is 15.1 Å². The molecule has 17 heavy (non-hydrogen) atoms. The van der Waals surface area contributed by atoms with Crippen LogP contribution < -0.4 is 5.32 Å². The first-order chi connectivity index (χ1) is 8.20. The van der Waals surface area contributed by atoms with Crippen LogP contribution in [0.3, 0.4) is 0 Å². The summed E-state index contributed by atoms with van der Waals surface area (Å²) in [7, 11) is 2.30. The van der Waals surface area contributed by atoms with Crippen molar-refractivity contribution in [3.8, 4) is 0 Å². The van der Waals surface area contributed by atoms with E-state index in [1.165, 1.54) is 52.1 Å². The zero-order valence-electron chi connectivity index (χ0n) is 11.8. The van der Waals surface area contributed by atoms with Gasteiger partial charge >= 0.3 is 0 Å². The summed E-state index contributed by atoms with van der Waals surface area (Å²) in [6.45, 7) is 12.2. The lowest BCUT2D eigenvalue weighted by Crippen LogP contribution is -2.41. The molecule has 3 atom stereocenters. The summed E-state index contributed by atoms with van der Waals surface area (Å²) < 4.78 is 0. The van der Waals surface area contributed by atoms with Crippen molar-refractivity contribution in [3.05, 3.63) is 0 Å². The van der Waals surface area contributed by atoms with Gasteiger partial charge in [0.05, 0.1) is 0 Å². The van der Waals surface area contributed by atoms with Crippen LogP contribution in [0, 0.1) is 11.8 Å². The Morgan fingerprint density at radius 2 is 2.12 bits per heavy atom. The Bertz CT molecular complexity index is 232. The van der Waals surface area contributed by atoms with Crippen molar-refractivity contribution < 1.29 is 0 Å². The lowest BCUT2D eigenvalue weighted by atomic mass is 9.97. The summed E-state index contributed by atoms with van der Waals surface area (Å²) in [5, 5.41) is 3.50. The third kappa shape index (κ3) is 3.43. The van der Waals surface area contributed by atoms with Gasteiger partial charge in [-0.05, 0) is 57.9 Å². The summed E-state index contributed by atoms with van der Waals surface area (Å²) in [6.07, 6.45) is 2.80. The molecule has 0 aromatic rings. The van der Waals surface area contributed by atoms with E-state index in [0.717, 1.165) is 17.9 Å². The Morgan fingerprint density at radius 3 is 2.76 bits per heavy atom. The molecule has 0 bridgehead atoms. The predicted molar refractivity (Wildman–Crippen MR) is 73.3 cm³/mol. The Kier molecular flexibility index (Phi) is 4.83. The average molecular weight is 239 g/mol. The van der Waals surface area contributed by atoms with Gasteiger partial charge in [0, 0.05) is 19.1 Å². The second-order valence-electron chi connectivity index (χ2n) is 6.04. The maximum atomic E-state index is 3.50. The van der Waals surface area contributed by atoms with Crippen molar-refractivity contribution >= 4 is 0 Å². The molecule has 2 fully saturated rings. The van der Waals surface area contributed by atoms with Crippen LogP contribution in [0.25, 0.3) is 0 Å². The monoisotopic (exact) mass is 239 g/mol. The smallest absolute Gasteiger partial charge is 0.0223 e. The number of nitrogens with one attached hydrogen (secondary N) is 1. The molecule has 2 heterocycles. The van der Waals surface area contributed by atoms with Gasteiger partial charge in [0.15, 0.2) is 0 Å². The van der Waals surface area contributed by atoms with Crippen LogP contribution in [-0.4, -0.2) is 62.2 Å². The molecule has 100 valence electrons. The second kappa shape index (κ2) is 6.17. The van der Waals surface area contributed by atoms with Crippen molar-refractivity contribution in [2.24, 2.45) is 11.8 Å². The van der Waals surface area contributed by atoms with Gasteiger partial charge in [-0.3, -0.25) is 4.90 Å². The zero-order chi connectivity index (χ0) is 12.3. The van der Waals surface area contributed by atoms with Gasteiger partial charge < -0.3 is 10.2 Å². The second-order valence-corrected chi connectivity index (χ2v) is 6.04. The third-order valence-corrected chi connectivity index (χ3v) is 4.65. The Hall–Kier alpha value is -0.120. The predicted octanol–water partition coefficient (Wildman–Crippen LogP) is 1.26. The average Bonchev–Trinajstić information content (AvgIpc) is 2.89. The maximum Gasteiger partial charge on any atom is 0.0223 e. The molecule has 1 N–H and O–H groups in total. The fourth-order valence-corrected chi connectivity index (χ4v) is 3.46. The van der Waals surface area contributed by atoms with Crippen molar-refractivity contribution in [3.63, 3.8) is 0 Å². The molecule has 0 aliphatic carbocycles. The van der Waals surface area contributed by atoms with E-state index in [1.54, 1.807) is 0 Å². The first kappa shape index (κ1) is 13.3. The SMILES string of the molecule is CCN1CCCC1CN(C)C[C@@H]1CNC[C@H]1C. The van der Waals surface area contributed by atoms with E-state index in [0.29, 0.717) is 0 Å². The molecule has 3 heteroatoms.